The maximum absolute atomic E-state index is 12.2. The molecule has 0 N–H and O–H groups in total. The number of piperidine rings is 1. The summed E-state index contributed by atoms with van der Waals surface area (Å²) in [5.74, 6) is 0.418. The van der Waals surface area contributed by atoms with Crippen molar-refractivity contribution in [2.45, 2.75) is 19.4 Å². The Balaban J connectivity index is 1.76. The molecule has 2 aromatic carbocycles. The van der Waals surface area contributed by atoms with E-state index in [2.05, 4.69) is 47.4 Å². The number of likely N-dealkylation sites (tertiary alicyclic amines) is 1. The molecule has 3 rings (SSSR count). The minimum atomic E-state index is 0.152. The second-order valence-electron chi connectivity index (χ2n) is 6.45. The van der Waals surface area contributed by atoms with Crippen molar-refractivity contribution in [1.29, 1.82) is 0 Å². The van der Waals surface area contributed by atoms with Crippen LogP contribution in [0.2, 0.25) is 0 Å². The average Bonchev–Trinajstić information content (AvgIpc) is 2.55. The number of nitrogens with zero attached hydrogens (tertiary/aromatic N) is 2. The summed E-state index contributed by atoms with van der Waals surface area (Å²) in [6.45, 7) is 2.89. The molecule has 1 aliphatic rings. The topological polar surface area (TPSA) is 23.6 Å². The Labute approximate surface area is 132 Å². The van der Waals surface area contributed by atoms with Crippen LogP contribution in [-0.4, -0.2) is 42.9 Å². The highest BCUT2D eigenvalue weighted by Crippen LogP contribution is 2.24. The predicted molar refractivity (Wildman–Crippen MR) is 90.6 cm³/mol. The summed E-state index contributed by atoms with van der Waals surface area (Å²) in [4.78, 5) is 16.4. The number of hydrogen-bond donors (Lipinski definition) is 0. The van der Waals surface area contributed by atoms with Crippen molar-refractivity contribution in [3.63, 3.8) is 0 Å². The molecule has 1 amide bonds. The highest BCUT2D eigenvalue weighted by Gasteiger charge is 2.26. The first kappa shape index (κ1) is 15.0. The quantitative estimate of drug-likeness (QED) is 0.869. The number of carbonyl (C=O) groups excluding carboxylic acids is 1. The molecular weight excluding hydrogens is 272 g/mol. The average molecular weight is 296 g/mol. The standard InChI is InChI=1S/C19H24N2O/c1-20(2)19(22)17-10-6-12-21(14-17)13-16-9-5-8-15-7-3-4-11-18(15)16/h3-5,7-9,11,17H,6,10,12-14H2,1-2H3. The van der Waals surface area contributed by atoms with Crippen LogP contribution in [0.1, 0.15) is 18.4 Å². The van der Waals surface area contributed by atoms with Gasteiger partial charge < -0.3 is 4.90 Å². The number of rotatable bonds is 3. The van der Waals surface area contributed by atoms with Crippen LogP contribution in [0.4, 0.5) is 0 Å². The number of hydrogen-bond acceptors (Lipinski definition) is 2. The molecule has 1 saturated heterocycles. The zero-order valence-electron chi connectivity index (χ0n) is 13.5. The molecule has 1 aliphatic heterocycles. The molecule has 116 valence electrons. The van der Waals surface area contributed by atoms with E-state index in [1.54, 1.807) is 4.90 Å². The minimum absolute atomic E-state index is 0.152. The highest BCUT2D eigenvalue weighted by molar-refractivity contribution is 5.85. The van der Waals surface area contributed by atoms with Crippen molar-refractivity contribution >= 4 is 16.7 Å². The van der Waals surface area contributed by atoms with Crippen molar-refractivity contribution in [1.82, 2.24) is 9.80 Å². The minimum Gasteiger partial charge on any atom is -0.349 e. The van der Waals surface area contributed by atoms with Gasteiger partial charge in [-0.15, -0.1) is 0 Å². The molecule has 0 bridgehead atoms. The molecule has 3 heteroatoms. The largest absolute Gasteiger partial charge is 0.349 e. The van der Waals surface area contributed by atoms with Gasteiger partial charge in [-0.05, 0) is 35.7 Å². The molecule has 0 spiro atoms. The molecule has 0 aromatic heterocycles. The smallest absolute Gasteiger partial charge is 0.226 e. The van der Waals surface area contributed by atoms with Crippen molar-refractivity contribution in [2.75, 3.05) is 27.2 Å². The molecule has 0 radical (unpaired) electrons. The van der Waals surface area contributed by atoms with Crippen molar-refractivity contribution in [2.24, 2.45) is 5.92 Å². The van der Waals surface area contributed by atoms with Crippen LogP contribution in [0, 0.1) is 5.92 Å². The van der Waals surface area contributed by atoms with Crippen molar-refractivity contribution in [3.8, 4) is 0 Å². The zero-order valence-corrected chi connectivity index (χ0v) is 13.5. The molecule has 3 nitrogen and oxygen atoms in total. The predicted octanol–water partition coefficient (Wildman–Crippen LogP) is 3.14. The summed E-state index contributed by atoms with van der Waals surface area (Å²) in [6.07, 6.45) is 2.12. The lowest BCUT2D eigenvalue weighted by Crippen LogP contribution is -2.42. The number of fused-ring (bicyclic) bond motifs is 1. The van der Waals surface area contributed by atoms with E-state index >= 15 is 0 Å². The van der Waals surface area contributed by atoms with Gasteiger partial charge in [0, 0.05) is 27.2 Å². The summed E-state index contributed by atoms with van der Waals surface area (Å²) in [7, 11) is 3.71. The molecule has 0 saturated carbocycles. The Morgan fingerprint density at radius 2 is 1.95 bits per heavy atom. The fourth-order valence-electron chi connectivity index (χ4n) is 3.44. The van der Waals surface area contributed by atoms with E-state index in [1.165, 1.54) is 16.3 Å². The molecule has 2 aromatic rings. The lowest BCUT2D eigenvalue weighted by atomic mass is 9.95. The molecule has 0 aliphatic carbocycles. The van der Waals surface area contributed by atoms with E-state index in [4.69, 9.17) is 0 Å². The number of carbonyl (C=O) groups is 1. The summed E-state index contributed by atoms with van der Waals surface area (Å²) in [6, 6.07) is 15.0. The van der Waals surface area contributed by atoms with Crippen LogP contribution in [0.5, 0.6) is 0 Å². The van der Waals surface area contributed by atoms with Crippen LogP contribution in [0.25, 0.3) is 10.8 Å². The Hall–Kier alpha value is -1.87. The van der Waals surface area contributed by atoms with Gasteiger partial charge in [-0.3, -0.25) is 9.69 Å². The SMILES string of the molecule is CN(C)C(=O)C1CCCN(Cc2cccc3ccccc23)C1. The van der Waals surface area contributed by atoms with E-state index < -0.39 is 0 Å². The number of amides is 1. The summed E-state index contributed by atoms with van der Waals surface area (Å²) < 4.78 is 0. The maximum Gasteiger partial charge on any atom is 0.226 e. The van der Waals surface area contributed by atoms with Crippen LogP contribution >= 0.6 is 0 Å². The number of benzene rings is 2. The van der Waals surface area contributed by atoms with E-state index in [-0.39, 0.29) is 11.8 Å². The highest BCUT2D eigenvalue weighted by atomic mass is 16.2. The summed E-state index contributed by atoms with van der Waals surface area (Å²) in [5.41, 5.74) is 1.36. The third kappa shape index (κ3) is 3.14. The van der Waals surface area contributed by atoms with E-state index in [9.17, 15) is 4.79 Å². The van der Waals surface area contributed by atoms with E-state index in [1.807, 2.05) is 14.1 Å². The van der Waals surface area contributed by atoms with Gasteiger partial charge in [-0.25, -0.2) is 0 Å². The van der Waals surface area contributed by atoms with Gasteiger partial charge in [0.05, 0.1) is 5.92 Å². The first-order valence-corrected chi connectivity index (χ1v) is 8.05. The summed E-state index contributed by atoms with van der Waals surface area (Å²) >= 11 is 0. The molecule has 1 atom stereocenters. The Morgan fingerprint density at radius 1 is 1.18 bits per heavy atom. The zero-order chi connectivity index (χ0) is 15.5. The maximum atomic E-state index is 12.2. The molecule has 1 heterocycles. The molecule has 1 unspecified atom stereocenters. The van der Waals surface area contributed by atoms with Gasteiger partial charge in [0.15, 0.2) is 0 Å². The lowest BCUT2D eigenvalue weighted by molar-refractivity contribution is -0.134. The first-order valence-electron chi connectivity index (χ1n) is 8.05. The fraction of sp³-hybridized carbons (Fsp3) is 0.421. The van der Waals surface area contributed by atoms with Gasteiger partial charge in [-0.2, -0.15) is 0 Å². The third-order valence-corrected chi connectivity index (χ3v) is 4.57. The van der Waals surface area contributed by atoms with Crippen LogP contribution in [0.15, 0.2) is 42.5 Å². The van der Waals surface area contributed by atoms with Crippen molar-refractivity contribution in [3.05, 3.63) is 48.0 Å². The Morgan fingerprint density at radius 3 is 2.77 bits per heavy atom. The monoisotopic (exact) mass is 296 g/mol. The van der Waals surface area contributed by atoms with Crippen LogP contribution < -0.4 is 0 Å². The van der Waals surface area contributed by atoms with Gasteiger partial charge >= 0.3 is 0 Å². The molecular formula is C19H24N2O. The Bertz CT molecular complexity index is 660. The Kier molecular flexibility index (Phi) is 4.44. The van der Waals surface area contributed by atoms with Crippen LogP contribution in [-0.2, 0) is 11.3 Å². The molecule has 1 fully saturated rings. The molecule has 22 heavy (non-hydrogen) atoms. The van der Waals surface area contributed by atoms with Gasteiger partial charge in [-0.1, -0.05) is 42.5 Å². The normalized spacial score (nSPS) is 19.3. The lowest BCUT2D eigenvalue weighted by Gasteiger charge is -2.33. The third-order valence-electron chi connectivity index (χ3n) is 4.57. The van der Waals surface area contributed by atoms with Crippen molar-refractivity contribution < 1.29 is 4.79 Å². The van der Waals surface area contributed by atoms with Crippen LogP contribution in [0.3, 0.4) is 0 Å². The second kappa shape index (κ2) is 6.49. The first-order chi connectivity index (χ1) is 10.6. The summed E-state index contributed by atoms with van der Waals surface area (Å²) in [5, 5.41) is 2.61. The van der Waals surface area contributed by atoms with Gasteiger partial charge in [0.25, 0.3) is 0 Å². The van der Waals surface area contributed by atoms with E-state index in [0.29, 0.717) is 0 Å². The van der Waals surface area contributed by atoms with Gasteiger partial charge in [0.2, 0.25) is 5.91 Å². The second-order valence-corrected chi connectivity index (χ2v) is 6.45. The van der Waals surface area contributed by atoms with Gasteiger partial charge in [0.1, 0.15) is 0 Å². The fourth-order valence-corrected chi connectivity index (χ4v) is 3.44. The van der Waals surface area contributed by atoms with E-state index in [0.717, 1.165) is 32.5 Å².